The van der Waals surface area contributed by atoms with Crippen LogP contribution >= 0.6 is 11.3 Å². The summed E-state index contributed by atoms with van der Waals surface area (Å²) in [6.07, 6.45) is 3.39. The summed E-state index contributed by atoms with van der Waals surface area (Å²) < 4.78 is 1.17. The van der Waals surface area contributed by atoms with Gasteiger partial charge in [-0.25, -0.2) is 9.97 Å². The van der Waals surface area contributed by atoms with E-state index in [1.54, 1.807) is 11.3 Å². The van der Waals surface area contributed by atoms with Crippen molar-refractivity contribution in [3.05, 3.63) is 29.3 Å². The number of hydrogen-bond acceptors (Lipinski definition) is 4. The molecule has 2 heterocycles. The van der Waals surface area contributed by atoms with Crippen molar-refractivity contribution >= 4 is 38.3 Å². The summed E-state index contributed by atoms with van der Waals surface area (Å²) in [5.74, 6) is 0.544. The highest BCUT2D eigenvalue weighted by Crippen LogP contribution is 2.32. The van der Waals surface area contributed by atoms with Crippen LogP contribution in [0.25, 0.3) is 21.1 Å². The molecular weight excluding hydrogens is 242 g/mol. The maximum absolute atomic E-state index is 6.00. The summed E-state index contributed by atoms with van der Waals surface area (Å²) in [4.78, 5) is 9.05. The van der Waals surface area contributed by atoms with E-state index < -0.39 is 0 Å². The highest BCUT2D eigenvalue weighted by Gasteiger charge is 2.11. The monoisotopic (exact) mass is 257 g/mol. The van der Waals surface area contributed by atoms with E-state index in [0.29, 0.717) is 5.82 Å². The van der Waals surface area contributed by atoms with Crippen LogP contribution in [-0.2, 0) is 6.42 Å². The van der Waals surface area contributed by atoms with Crippen molar-refractivity contribution in [2.24, 2.45) is 0 Å². The fraction of sp³-hybridized carbons (Fsp3) is 0.286. The summed E-state index contributed by atoms with van der Waals surface area (Å²) in [6, 6.07) is 8.10. The number of para-hydroxylation sites is 1. The second kappa shape index (κ2) is 4.53. The Balaban J connectivity index is 2.24. The van der Waals surface area contributed by atoms with Gasteiger partial charge < -0.3 is 5.73 Å². The molecular formula is C14H15N3S. The van der Waals surface area contributed by atoms with Crippen LogP contribution in [0.1, 0.15) is 24.8 Å². The maximum atomic E-state index is 6.00. The molecule has 1 aromatic carbocycles. The first-order valence-corrected chi connectivity index (χ1v) is 7.05. The van der Waals surface area contributed by atoms with Gasteiger partial charge in [-0.1, -0.05) is 31.5 Å². The highest BCUT2D eigenvalue weighted by molar-refractivity contribution is 7.19. The van der Waals surface area contributed by atoms with Crippen molar-refractivity contribution in [3.63, 3.8) is 0 Å². The summed E-state index contributed by atoms with van der Waals surface area (Å²) in [6.45, 7) is 2.19. The number of thiazole rings is 1. The van der Waals surface area contributed by atoms with Crippen LogP contribution in [0.3, 0.4) is 0 Å². The largest absolute Gasteiger partial charge is 0.382 e. The Labute approximate surface area is 110 Å². The number of aromatic nitrogens is 2. The van der Waals surface area contributed by atoms with Crippen molar-refractivity contribution in [3.8, 4) is 0 Å². The van der Waals surface area contributed by atoms with Gasteiger partial charge in [0.1, 0.15) is 5.52 Å². The lowest BCUT2D eigenvalue weighted by atomic mass is 10.2. The normalized spacial score (nSPS) is 11.4. The zero-order valence-corrected chi connectivity index (χ0v) is 11.1. The lowest BCUT2D eigenvalue weighted by Crippen LogP contribution is -1.92. The van der Waals surface area contributed by atoms with Gasteiger partial charge in [0.2, 0.25) is 0 Å². The van der Waals surface area contributed by atoms with Crippen LogP contribution in [0.15, 0.2) is 24.3 Å². The van der Waals surface area contributed by atoms with Gasteiger partial charge in [0, 0.05) is 5.39 Å². The van der Waals surface area contributed by atoms with Gasteiger partial charge in [0.25, 0.3) is 0 Å². The fourth-order valence-corrected chi connectivity index (χ4v) is 3.25. The lowest BCUT2D eigenvalue weighted by Gasteiger charge is -1.99. The predicted molar refractivity (Wildman–Crippen MR) is 77.9 cm³/mol. The second-order valence-corrected chi connectivity index (χ2v) is 5.49. The third-order valence-corrected chi connectivity index (χ3v) is 4.20. The third-order valence-electron chi connectivity index (χ3n) is 3.05. The molecule has 0 radical (unpaired) electrons. The average Bonchev–Trinajstić information content (AvgIpc) is 2.81. The molecule has 18 heavy (non-hydrogen) atoms. The van der Waals surface area contributed by atoms with Crippen molar-refractivity contribution < 1.29 is 0 Å². The number of unbranched alkanes of at least 4 members (excludes halogenated alkanes) is 1. The van der Waals surface area contributed by atoms with E-state index in [4.69, 9.17) is 5.73 Å². The standard InChI is InChI=1S/C14H15N3S/c1-2-3-8-11-17-12-13(18-11)9-6-4-5-7-10(9)16-14(12)15/h4-7H,2-3,8H2,1H3,(H2,15,16). The summed E-state index contributed by atoms with van der Waals surface area (Å²) in [5, 5.41) is 2.32. The number of fused-ring (bicyclic) bond motifs is 3. The summed E-state index contributed by atoms with van der Waals surface area (Å²) >= 11 is 1.75. The Kier molecular flexibility index (Phi) is 2.88. The number of nitrogens with two attached hydrogens (primary N) is 1. The van der Waals surface area contributed by atoms with E-state index in [2.05, 4.69) is 23.0 Å². The molecule has 0 amide bonds. The van der Waals surface area contributed by atoms with Gasteiger partial charge in [-0.2, -0.15) is 0 Å². The number of pyridine rings is 1. The number of nitrogen functional groups attached to an aromatic ring is 1. The van der Waals surface area contributed by atoms with Gasteiger partial charge in [0.15, 0.2) is 5.82 Å². The van der Waals surface area contributed by atoms with Crippen molar-refractivity contribution in [1.29, 1.82) is 0 Å². The van der Waals surface area contributed by atoms with E-state index in [9.17, 15) is 0 Å². The maximum Gasteiger partial charge on any atom is 0.151 e. The molecule has 0 aliphatic carbocycles. The first-order chi connectivity index (χ1) is 8.79. The van der Waals surface area contributed by atoms with E-state index in [1.807, 2.05) is 18.2 Å². The predicted octanol–water partition coefficient (Wildman–Crippen LogP) is 3.77. The van der Waals surface area contributed by atoms with Crippen LogP contribution < -0.4 is 5.73 Å². The first-order valence-electron chi connectivity index (χ1n) is 6.23. The average molecular weight is 257 g/mol. The lowest BCUT2D eigenvalue weighted by molar-refractivity contribution is 0.791. The molecule has 3 aromatic rings. The molecule has 92 valence electrons. The number of benzene rings is 1. The molecule has 0 saturated carbocycles. The summed E-state index contributed by atoms with van der Waals surface area (Å²) in [5.41, 5.74) is 7.81. The number of aryl methyl sites for hydroxylation is 1. The molecule has 0 atom stereocenters. The number of rotatable bonds is 3. The van der Waals surface area contributed by atoms with Gasteiger partial charge in [0.05, 0.1) is 15.2 Å². The Morgan fingerprint density at radius 2 is 2.06 bits per heavy atom. The van der Waals surface area contributed by atoms with E-state index >= 15 is 0 Å². The van der Waals surface area contributed by atoms with Crippen LogP contribution in [0.4, 0.5) is 5.82 Å². The van der Waals surface area contributed by atoms with Gasteiger partial charge >= 0.3 is 0 Å². The smallest absolute Gasteiger partial charge is 0.151 e. The zero-order valence-electron chi connectivity index (χ0n) is 10.3. The van der Waals surface area contributed by atoms with Gasteiger partial charge in [-0.3, -0.25) is 0 Å². The minimum absolute atomic E-state index is 0.544. The molecule has 0 aliphatic heterocycles. The number of hydrogen-bond donors (Lipinski definition) is 1. The highest BCUT2D eigenvalue weighted by atomic mass is 32.1. The first kappa shape index (κ1) is 11.4. The van der Waals surface area contributed by atoms with Crippen LogP contribution in [0.2, 0.25) is 0 Å². The zero-order chi connectivity index (χ0) is 12.5. The Morgan fingerprint density at radius 1 is 1.22 bits per heavy atom. The topological polar surface area (TPSA) is 51.8 Å². The summed E-state index contributed by atoms with van der Waals surface area (Å²) in [7, 11) is 0. The van der Waals surface area contributed by atoms with Crippen molar-refractivity contribution in [1.82, 2.24) is 9.97 Å². The van der Waals surface area contributed by atoms with Gasteiger partial charge in [-0.15, -0.1) is 11.3 Å². The van der Waals surface area contributed by atoms with Crippen LogP contribution in [0.5, 0.6) is 0 Å². The quantitative estimate of drug-likeness (QED) is 0.777. The van der Waals surface area contributed by atoms with Crippen LogP contribution in [-0.4, -0.2) is 9.97 Å². The van der Waals surface area contributed by atoms with Crippen LogP contribution in [0, 0.1) is 0 Å². The number of anilines is 1. The molecule has 3 nitrogen and oxygen atoms in total. The Morgan fingerprint density at radius 3 is 2.89 bits per heavy atom. The SMILES string of the molecule is CCCCc1nc2c(N)nc3ccccc3c2s1. The minimum atomic E-state index is 0.544. The van der Waals surface area contributed by atoms with Crippen molar-refractivity contribution in [2.75, 3.05) is 5.73 Å². The molecule has 2 N–H and O–H groups in total. The van der Waals surface area contributed by atoms with Gasteiger partial charge in [-0.05, 0) is 18.9 Å². The molecule has 0 saturated heterocycles. The minimum Gasteiger partial charge on any atom is -0.382 e. The van der Waals surface area contributed by atoms with E-state index in [0.717, 1.165) is 27.8 Å². The van der Waals surface area contributed by atoms with E-state index in [-0.39, 0.29) is 0 Å². The number of nitrogens with zero attached hydrogens (tertiary/aromatic N) is 2. The third kappa shape index (κ3) is 1.82. The molecule has 0 aliphatic rings. The molecule has 4 heteroatoms. The van der Waals surface area contributed by atoms with E-state index in [1.165, 1.54) is 17.5 Å². The molecule has 0 fully saturated rings. The molecule has 0 unspecified atom stereocenters. The molecule has 2 aromatic heterocycles. The molecule has 0 bridgehead atoms. The van der Waals surface area contributed by atoms with Crippen molar-refractivity contribution in [2.45, 2.75) is 26.2 Å². The Bertz CT molecular complexity index is 703. The fourth-order valence-electron chi connectivity index (χ4n) is 2.10. The second-order valence-electron chi connectivity index (χ2n) is 4.40. The molecule has 0 spiro atoms. The Hall–Kier alpha value is -1.68. The molecule has 3 rings (SSSR count).